The van der Waals surface area contributed by atoms with Crippen LogP contribution in [0.5, 0.6) is 0 Å². The predicted molar refractivity (Wildman–Crippen MR) is 106 cm³/mol. The van der Waals surface area contributed by atoms with Crippen LogP contribution in [0.2, 0.25) is 0 Å². The molecule has 2 amide bonds. The van der Waals surface area contributed by atoms with E-state index in [9.17, 15) is 19.5 Å². The minimum Gasteiger partial charge on any atom is -0.480 e. The van der Waals surface area contributed by atoms with Gasteiger partial charge in [0.15, 0.2) is 0 Å². The fourth-order valence-corrected chi connectivity index (χ4v) is 3.51. The summed E-state index contributed by atoms with van der Waals surface area (Å²) in [6.07, 6.45) is 1.72. The van der Waals surface area contributed by atoms with Gasteiger partial charge in [-0.2, -0.15) is 0 Å². The number of piperazine rings is 1. The molecule has 3 rings (SSSR count). The van der Waals surface area contributed by atoms with E-state index in [0.717, 1.165) is 10.9 Å². The number of hydrogen-bond acceptors (Lipinski definition) is 4. The van der Waals surface area contributed by atoms with Crippen molar-refractivity contribution < 1.29 is 19.5 Å². The van der Waals surface area contributed by atoms with Crippen LogP contribution >= 0.6 is 0 Å². The molecule has 2 aromatic rings. The molecule has 1 aliphatic rings. The minimum atomic E-state index is -0.936. The van der Waals surface area contributed by atoms with Gasteiger partial charge in [-0.3, -0.25) is 19.3 Å². The summed E-state index contributed by atoms with van der Waals surface area (Å²) in [5, 5.41) is 13.5. The number of aromatic amines is 1. The number of aromatic nitrogens is 1. The van der Waals surface area contributed by atoms with Crippen LogP contribution in [0.1, 0.15) is 32.4 Å². The van der Waals surface area contributed by atoms with Crippen LogP contribution < -0.4 is 5.32 Å². The highest BCUT2D eigenvalue weighted by Gasteiger charge is 2.32. The van der Waals surface area contributed by atoms with Gasteiger partial charge < -0.3 is 20.3 Å². The summed E-state index contributed by atoms with van der Waals surface area (Å²) in [5.41, 5.74) is 2.10. The Morgan fingerprint density at radius 3 is 2.39 bits per heavy atom. The van der Waals surface area contributed by atoms with Gasteiger partial charge >= 0.3 is 5.97 Å². The topological polar surface area (TPSA) is 106 Å². The van der Waals surface area contributed by atoms with Gasteiger partial charge in [-0.1, -0.05) is 13.8 Å². The summed E-state index contributed by atoms with van der Waals surface area (Å²) >= 11 is 0. The molecule has 2 heterocycles. The van der Waals surface area contributed by atoms with Crippen LogP contribution in [-0.4, -0.2) is 63.9 Å². The van der Waals surface area contributed by atoms with Crippen LogP contribution in [0.4, 0.5) is 5.69 Å². The first-order valence-corrected chi connectivity index (χ1v) is 9.42. The van der Waals surface area contributed by atoms with Gasteiger partial charge in [0.25, 0.3) is 0 Å². The molecular formula is C20H26N4O4. The van der Waals surface area contributed by atoms with Crippen molar-refractivity contribution in [2.75, 3.05) is 31.5 Å². The number of H-pyrrole nitrogens is 1. The number of rotatable bonds is 5. The maximum absolute atomic E-state index is 12.1. The number of amides is 2. The molecule has 0 aliphatic carbocycles. The molecule has 1 aliphatic heterocycles. The van der Waals surface area contributed by atoms with Crippen LogP contribution in [0, 0.1) is 5.92 Å². The van der Waals surface area contributed by atoms with Crippen molar-refractivity contribution in [3.05, 3.63) is 30.0 Å². The monoisotopic (exact) mass is 386 g/mol. The van der Waals surface area contributed by atoms with Gasteiger partial charge in [0, 0.05) is 67.4 Å². The zero-order valence-corrected chi connectivity index (χ0v) is 16.4. The first-order valence-electron chi connectivity index (χ1n) is 9.42. The zero-order valence-electron chi connectivity index (χ0n) is 16.4. The summed E-state index contributed by atoms with van der Waals surface area (Å²) < 4.78 is 0. The summed E-state index contributed by atoms with van der Waals surface area (Å²) in [7, 11) is 0. The Kier molecular flexibility index (Phi) is 5.69. The third-order valence-corrected chi connectivity index (χ3v) is 5.16. The Bertz CT molecular complexity index is 897. The van der Waals surface area contributed by atoms with Crippen molar-refractivity contribution in [2.45, 2.75) is 26.8 Å². The Morgan fingerprint density at radius 1 is 1.14 bits per heavy atom. The van der Waals surface area contributed by atoms with Crippen molar-refractivity contribution in [2.24, 2.45) is 5.92 Å². The van der Waals surface area contributed by atoms with Crippen LogP contribution in [0.25, 0.3) is 10.9 Å². The van der Waals surface area contributed by atoms with Crippen molar-refractivity contribution in [1.29, 1.82) is 0 Å². The molecule has 0 saturated carbocycles. The number of carboxylic acid groups (broad SMARTS) is 1. The molecule has 1 fully saturated rings. The molecule has 0 spiro atoms. The number of hydrogen-bond donors (Lipinski definition) is 3. The first kappa shape index (κ1) is 19.9. The van der Waals surface area contributed by atoms with Gasteiger partial charge in [-0.25, -0.2) is 0 Å². The summed E-state index contributed by atoms with van der Waals surface area (Å²) in [6, 6.07) is 4.62. The second kappa shape index (κ2) is 8.02. The second-order valence-electron chi connectivity index (χ2n) is 7.43. The molecule has 0 bridgehead atoms. The van der Waals surface area contributed by atoms with Crippen molar-refractivity contribution in [1.82, 2.24) is 14.8 Å². The molecule has 0 unspecified atom stereocenters. The van der Waals surface area contributed by atoms with Gasteiger partial charge in [0.1, 0.15) is 6.04 Å². The third kappa shape index (κ3) is 4.01. The summed E-state index contributed by atoms with van der Waals surface area (Å²) in [4.78, 5) is 42.4. The maximum atomic E-state index is 12.1. The van der Waals surface area contributed by atoms with Crippen LogP contribution in [-0.2, 0) is 14.4 Å². The molecule has 28 heavy (non-hydrogen) atoms. The fraction of sp³-hybridized carbons (Fsp3) is 0.450. The first-order chi connectivity index (χ1) is 13.3. The predicted octanol–water partition coefficient (Wildman–Crippen LogP) is 2.05. The number of anilines is 1. The number of nitrogens with one attached hydrogen (secondary N) is 2. The number of carbonyl (C=O) groups excluding carboxylic acids is 2. The standard InChI is InChI=1S/C20H26N4O4/c1-12(2)19(26)22-14-4-5-17-15(10-14)16(11-21-17)18(20(27)28)24-8-6-23(7-9-24)13(3)25/h4-5,10-12,18,21H,6-9H2,1-3H3,(H,22,26)(H,27,28)/t18-/m1/s1. The molecule has 1 aromatic carbocycles. The number of benzene rings is 1. The van der Waals surface area contributed by atoms with E-state index in [0.29, 0.717) is 37.4 Å². The van der Waals surface area contributed by atoms with Crippen molar-refractivity contribution in [3.8, 4) is 0 Å². The molecule has 1 saturated heterocycles. The normalized spacial score (nSPS) is 16.4. The van der Waals surface area contributed by atoms with E-state index in [1.165, 1.54) is 6.92 Å². The molecule has 3 N–H and O–H groups in total. The largest absolute Gasteiger partial charge is 0.480 e. The van der Waals surface area contributed by atoms with Gasteiger partial charge in [0.05, 0.1) is 0 Å². The van der Waals surface area contributed by atoms with E-state index >= 15 is 0 Å². The highest BCUT2D eigenvalue weighted by molar-refractivity contribution is 5.96. The van der Waals surface area contributed by atoms with Crippen molar-refractivity contribution >= 4 is 34.4 Å². The lowest BCUT2D eigenvalue weighted by atomic mass is 10.0. The number of aliphatic carboxylic acids is 1. The van der Waals surface area contributed by atoms with Gasteiger partial charge in [-0.05, 0) is 18.2 Å². The lowest BCUT2D eigenvalue weighted by molar-refractivity contribution is -0.145. The van der Waals surface area contributed by atoms with Crippen LogP contribution in [0.15, 0.2) is 24.4 Å². The molecule has 1 aromatic heterocycles. The average molecular weight is 386 g/mol. The smallest absolute Gasteiger partial charge is 0.325 e. The Morgan fingerprint density at radius 2 is 1.82 bits per heavy atom. The van der Waals surface area contributed by atoms with E-state index in [-0.39, 0.29) is 17.7 Å². The Labute approximate surface area is 163 Å². The Hall–Kier alpha value is -2.87. The Balaban J connectivity index is 1.90. The zero-order chi connectivity index (χ0) is 20.4. The van der Waals surface area contributed by atoms with Crippen LogP contribution in [0.3, 0.4) is 0 Å². The van der Waals surface area contributed by atoms with E-state index in [1.54, 1.807) is 17.2 Å². The van der Waals surface area contributed by atoms with Crippen molar-refractivity contribution in [3.63, 3.8) is 0 Å². The van der Waals surface area contributed by atoms with E-state index < -0.39 is 12.0 Å². The lowest BCUT2D eigenvalue weighted by Crippen LogP contribution is -2.50. The molecule has 8 nitrogen and oxygen atoms in total. The highest BCUT2D eigenvalue weighted by atomic mass is 16.4. The number of carboxylic acids is 1. The number of fused-ring (bicyclic) bond motifs is 1. The van der Waals surface area contributed by atoms with Gasteiger partial charge in [-0.15, -0.1) is 0 Å². The minimum absolute atomic E-state index is 0.00385. The molecule has 150 valence electrons. The lowest BCUT2D eigenvalue weighted by Gasteiger charge is -2.37. The molecular weight excluding hydrogens is 360 g/mol. The molecule has 8 heteroatoms. The maximum Gasteiger partial charge on any atom is 0.325 e. The number of nitrogens with zero attached hydrogens (tertiary/aromatic N) is 2. The van der Waals surface area contributed by atoms with E-state index in [1.807, 2.05) is 30.9 Å². The van der Waals surface area contributed by atoms with E-state index in [2.05, 4.69) is 10.3 Å². The summed E-state index contributed by atoms with van der Waals surface area (Å²) in [5.74, 6) is -1.17. The quantitative estimate of drug-likeness (QED) is 0.729. The highest BCUT2D eigenvalue weighted by Crippen LogP contribution is 2.31. The summed E-state index contributed by atoms with van der Waals surface area (Å²) in [6.45, 7) is 7.17. The SMILES string of the molecule is CC(=O)N1CCN([C@@H](C(=O)O)c2c[nH]c3ccc(NC(=O)C(C)C)cc23)CC1. The van der Waals surface area contributed by atoms with Gasteiger partial charge in [0.2, 0.25) is 11.8 Å². The van der Waals surface area contributed by atoms with E-state index in [4.69, 9.17) is 0 Å². The molecule has 0 radical (unpaired) electrons. The fourth-order valence-electron chi connectivity index (χ4n) is 3.51. The third-order valence-electron chi connectivity index (χ3n) is 5.16. The average Bonchev–Trinajstić information content (AvgIpc) is 3.05. The number of carbonyl (C=O) groups is 3. The second-order valence-corrected chi connectivity index (χ2v) is 7.43. The molecule has 1 atom stereocenters.